The van der Waals surface area contributed by atoms with Gasteiger partial charge in [-0.2, -0.15) is 0 Å². The van der Waals surface area contributed by atoms with Gasteiger partial charge in [0.25, 0.3) is 0 Å². The molecular weight excluding hydrogens is 508 g/mol. The van der Waals surface area contributed by atoms with E-state index in [-0.39, 0.29) is 5.91 Å². The maximum absolute atomic E-state index is 12.7. The molecule has 1 fully saturated rings. The molecule has 2 aromatic heterocycles. The third-order valence-electron chi connectivity index (χ3n) is 6.82. The van der Waals surface area contributed by atoms with Crippen LogP contribution in [0.4, 0.5) is 17.5 Å². The van der Waals surface area contributed by atoms with Gasteiger partial charge in [0.2, 0.25) is 17.6 Å². The number of methoxy groups -OCH3 is 3. The van der Waals surface area contributed by atoms with Crippen molar-refractivity contribution in [2.75, 3.05) is 62.6 Å². The van der Waals surface area contributed by atoms with Crippen LogP contribution in [0.15, 0.2) is 60.9 Å². The molecule has 1 saturated heterocycles. The maximum atomic E-state index is 12.7. The van der Waals surface area contributed by atoms with Gasteiger partial charge in [-0.3, -0.25) is 4.79 Å². The normalized spacial score (nSPS) is 13.5. The standard InChI is InChI=1S/C30H32N6O4/c1-20-16-27(35-12-14-36(15-13-35)30-31-10-5-11-32-30)34-24-8-7-22(19-23(20)24)33-28(37)9-6-21-17-25(38-2)29(40-4)26(18-21)39-3/h5-11,16-19H,12-15H2,1-4H3,(H,33,37)/b9-6+. The van der Waals surface area contributed by atoms with Crippen LogP contribution in [0.2, 0.25) is 0 Å². The number of nitrogens with one attached hydrogen (secondary N) is 1. The van der Waals surface area contributed by atoms with Crippen molar-refractivity contribution < 1.29 is 19.0 Å². The Balaban J connectivity index is 1.26. The molecule has 0 spiro atoms. The molecule has 0 atom stereocenters. The van der Waals surface area contributed by atoms with Gasteiger partial charge in [-0.1, -0.05) is 0 Å². The molecule has 0 unspecified atom stereocenters. The van der Waals surface area contributed by atoms with E-state index >= 15 is 0 Å². The zero-order valence-corrected chi connectivity index (χ0v) is 23.0. The Bertz CT molecular complexity index is 1510. The van der Waals surface area contributed by atoms with E-state index in [2.05, 4.69) is 38.1 Å². The monoisotopic (exact) mass is 540 g/mol. The molecule has 10 nitrogen and oxygen atoms in total. The third kappa shape index (κ3) is 5.75. The number of carbonyl (C=O) groups excluding carboxylic acids is 1. The fourth-order valence-corrected chi connectivity index (χ4v) is 4.76. The number of anilines is 3. The Morgan fingerprint density at radius 2 is 1.57 bits per heavy atom. The van der Waals surface area contributed by atoms with Crippen LogP contribution < -0.4 is 29.3 Å². The topological polar surface area (TPSA) is 102 Å². The number of pyridine rings is 1. The lowest BCUT2D eigenvalue weighted by Gasteiger charge is -2.35. The highest BCUT2D eigenvalue weighted by Crippen LogP contribution is 2.38. The average molecular weight is 541 g/mol. The molecule has 2 aromatic carbocycles. The SMILES string of the molecule is COc1cc(/C=C/C(=O)Nc2ccc3nc(N4CCN(c5ncccn5)CC4)cc(C)c3c2)cc(OC)c1OC. The van der Waals surface area contributed by atoms with E-state index in [1.807, 2.05) is 24.3 Å². The van der Waals surface area contributed by atoms with Gasteiger partial charge in [-0.15, -0.1) is 0 Å². The Labute approximate surface area is 233 Å². The summed E-state index contributed by atoms with van der Waals surface area (Å²) in [5, 5.41) is 3.93. The molecule has 1 aliphatic heterocycles. The lowest BCUT2D eigenvalue weighted by molar-refractivity contribution is -0.111. The smallest absolute Gasteiger partial charge is 0.248 e. The zero-order valence-electron chi connectivity index (χ0n) is 23.0. The maximum Gasteiger partial charge on any atom is 0.248 e. The number of nitrogens with zero attached hydrogens (tertiary/aromatic N) is 5. The molecule has 206 valence electrons. The lowest BCUT2D eigenvalue weighted by atomic mass is 10.1. The van der Waals surface area contributed by atoms with Crippen LogP contribution in [0.3, 0.4) is 0 Å². The second-order valence-corrected chi connectivity index (χ2v) is 9.33. The highest BCUT2D eigenvalue weighted by atomic mass is 16.5. The van der Waals surface area contributed by atoms with E-state index in [1.54, 1.807) is 51.9 Å². The van der Waals surface area contributed by atoms with Crippen molar-refractivity contribution in [1.82, 2.24) is 15.0 Å². The Kier molecular flexibility index (Phi) is 7.95. The van der Waals surface area contributed by atoms with Crippen molar-refractivity contribution in [3.05, 3.63) is 72.1 Å². The van der Waals surface area contributed by atoms with Gasteiger partial charge in [0, 0.05) is 55.7 Å². The molecule has 0 saturated carbocycles. The average Bonchev–Trinajstić information content (AvgIpc) is 3.00. The summed E-state index contributed by atoms with van der Waals surface area (Å²) < 4.78 is 16.1. The van der Waals surface area contributed by atoms with Crippen LogP contribution in [0.1, 0.15) is 11.1 Å². The van der Waals surface area contributed by atoms with Crippen LogP contribution in [0.25, 0.3) is 17.0 Å². The zero-order chi connectivity index (χ0) is 28.1. The molecule has 1 aliphatic rings. The predicted molar refractivity (Wildman–Crippen MR) is 157 cm³/mol. The number of hydrogen-bond acceptors (Lipinski definition) is 9. The molecule has 1 N–H and O–H groups in total. The number of hydrogen-bond donors (Lipinski definition) is 1. The van der Waals surface area contributed by atoms with Crippen molar-refractivity contribution in [3.63, 3.8) is 0 Å². The first-order valence-electron chi connectivity index (χ1n) is 13.0. The molecular formula is C30H32N6O4. The molecule has 4 aromatic rings. The summed E-state index contributed by atoms with van der Waals surface area (Å²) in [7, 11) is 4.66. The van der Waals surface area contributed by atoms with E-state index in [0.717, 1.165) is 60.0 Å². The summed E-state index contributed by atoms with van der Waals surface area (Å²) in [6, 6.07) is 13.3. The van der Waals surface area contributed by atoms with Crippen LogP contribution in [0, 0.1) is 6.92 Å². The van der Waals surface area contributed by atoms with Crippen molar-refractivity contribution in [1.29, 1.82) is 0 Å². The fourth-order valence-electron chi connectivity index (χ4n) is 4.76. The number of piperazine rings is 1. The highest BCUT2D eigenvalue weighted by Gasteiger charge is 2.20. The minimum Gasteiger partial charge on any atom is -0.493 e. The van der Waals surface area contributed by atoms with Gasteiger partial charge in [-0.25, -0.2) is 15.0 Å². The number of carbonyl (C=O) groups is 1. The van der Waals surface area contributed by atoms with Gasteiger partial charge < -0.3 is 29.3 Å². The first kappa shape index (κ1) is 26.7. The summed E-state index contributed by atoms with van der Waals surface area (Å²) >= 11 is 0. The number of aryl methyl sites for hydroxylation is 1. The first-order chi connectivity index (χ1) is 19.5. The largest absolute Gasteiger partial charge is 0.493 e. The van der Waals surface area contributed by atoms with Gasteiger partial charge in [0.15, 0.2) is 11.5 Å². The van der Waals surface area contributed by atoms with Crippen LogP contribution in [-0.4, -0.2) is 68.4 Å². The summed E-state index contributed by atoms with van der Waals surface area (Å²) in [6.45, 7) is 5.40. The van der Waals surface area contributed by atoms with Crippen molar-refractivity contribution in [3.8, 4) is 17.2 Å². The van der Waals surface area contributed by atoms with Crippen LogP contribution in [0.5, 0.6) is 17.2 Å². The summed E-state index contributed by atoms with van der Waals surface area (Å²) in [4.78, 5) is 30.8. The molecule has 3 heterocycles. The minimum atomic E-state index is -0.254. The number of fused-ring (bicyclic) bond motifs is 1. The van der Waals surface area contributed by atoms with Gasteiger partial charge in [-0.05, 0) is 66.6 Å². The van der Waals surface area contributed by atoms with Crippen LogP contribution in [-0.2, 0) is 4.79 Å². The number of aromatic nitrogens is 3. The van der Waals surface area contributed by atoms with Crippen LogP contribution >= 0.6 is 0 Å². The predicted octanol–water partition coefficient (Wildman–Crippen LogP) is 4.34. The van der Waals surface area contributed by atoms with E-state index in [0.29, 0.717) is 22.9 Å². The summed E-state index contributed by atoms with van der Waals surface area (Å²) in [5.74, 6) is 2.99. The molecule has 0 aliphatic carbocycles. The van der Waals surface area contributed by atoms with Crippen molar-refractivity contribution in [2.24, 2.45) is 0 Å². The van der Waals surface area contributed by atoms with Crippen molar-refractivity contribution in [2.45, 2.75) is 6.92 Å². The molecule has 40 heavy (non-hydrogen) atoms. The van der Waals surface area contributed by atoms with E-state index in [1.165, 1.54) is 6.08 Å². The lowest BCUT2D eigenvalue weighted by Crippen LogP contribution is -2.47. The third-order valence-corrected chi connectivity index (χ3v) is 6.82. The first-order valence-corrected chi connectivity index (χ1v) is 13.0. The molecule has 10 heteroatoms. The number of amides is 1. The van der Waals surface area contributed by atoms with Crippen molar-refractivity contribution >= 4 is 40.3 Å². The molecule has 1 amide bonds. The Morgan fingerprint density at radius 3 is 2.23 bits per heavy atom. The Morgan fingerprint density at radius 1 is 0.900 bits per heavy atom. The highest BCUT2D eigenvalue weighted by molar-refractivity contribution is 6.03. The summed E-state index contributed by atoms with van der Waals surface area (Å²) in [5.41, 5.74) is 3.42. The number of ether oxygens (including phenoxy) is 3. The van der Waals surface area contributed by atoms with E-state index < -0.39 is 0 Å². The van der Waals surface area contributed by atoms with Gasteiger partial charge in [0.1, 0.15) is 5.82 Å². The minimum absolute atomic E-state index is 0.254. The summed E-state index contributed by atoms with van der Waals surface area (Å²) in [6.07, 6.45) is 6.71. The van der Waals surface area contributed by atoms with E-state index in [9.17, 15) is 4.79 Å². The molecule has 0 radical (unpaired) electrons. The quantitative estimate of drug-likeness (QED) is 0.327. The number of benzene rings is 2. The fraction of sp³-hybridized carbons (Fsp3) is 0.267. The van der Waals surface area contributed by atoms with E-state index in [4.69, 9.17) is 19.2 Å². The molecule has 5 rings (SSSR count). The Hall–Kier alpha value is -4.86. The number of rotatable bonds is 8. The molecule has 0 bridgehead atoms. The van der Waals surface area contributed by atoms with Gasteiger partial charge >= 0.3 is 0 Å². The second kappa shape index (κ2) is 11.9. The van der Waals surface area contributed by atoms with Gasteiger partial charge in [0.05, 0.1) is 26.8 Å². The second-order valence-electron chi connectivity index (χ2n) is 9.33.